The molecule has 1 aliphatic rings. The van der Waals surface area contributed by atoms with Crippen molar-refractivity contribution in [2.45, 2.75) is 198 Å². The van der Waals surface area contributed by atoms with Gasteiger partial charge in [-0.3, -0.25) is 14.4 Å². The van der Waals surface area contributed by atoms with E-state index in [1.807, 2.05) is 20.8 Å². The normalized spacial score (nSPS) is 17.8. The molecule has 16 nitrogen and oxygen atoms in total. The van der Waals surface area contributed by atoms with Crippen molar-refractivity contribution in [1.82, 2.24) is 0 Å². The number of aliphatic hydroxyl groups excluding tert-OH is 3. The highest BCUT2D eigenvalue weighted by Crippen LogP contribution is 2.32. The van der Waals surface area contributed by atoms with Gasteiger partial charge in [-0.05, 0) is 70.6 Å². The van der Waals surface area contributed by atoms with Gasteiger partial charge in [-0.25, -0.2) is 14.4 Å². The summed E-state index contributed by atoms with van der Waals surface area (Å²) < 4.78 is 37.9. The van der Waals surface area contributed by atoms with Crippen LogP contribution < -0.4 is 0 Å². The summed E-state index contributed by atoms with van der Waals surface area (Å²) in [7, 11) is 0. The van der Waals surface area contributed by atoms with Crippen molar-refractivity contribution >= 4 is 35.8 Å². The van der Waals surface area contributed by atoms with E-state index < -0.39 is 91.8 Å². The van der Waals surface area contributed by atoms with E-state index in [-0.39, 0.29) is 63.6 Å². The topological polar surface area (TPSA) is 231 Å². The number of carbonyl (C=O) groups excluding carboxylic acids is 6. The summed E-state index contributed by atoms with van der Waals surface area (Å²) in [6, 6.07) is 0. The molecule has 1 saturated heterocycles. The van der Waals surface area contributed by atoms with Crippen LogP contribution in [0.2, 0.25) is 0 Å². The summed E-state index contributed by atoms with van der Waals surface area (Å²) in [4.78, 5) is 73.7. The molecule has 0 spiro atoms. The lowest BCUT2D eigenvalue weighted by molar-refractivity contribution is -0.167. The second-order valence-electron chi connectivity index (χ2n) is 15.3. The number of aliphatic hydroxyl groups is 3. The molecule has 1 aliphatic heterocycles. The van der Waals surface area contributed by atoms with Gasteiger partial charge in [-0.1, -0.05) is 66.2 Å². The first-order valence-corrected chi connectivity index (χ1v) is 21.9. The molecule has 3 N–H and O–H groups in total. The van der Waals surface area contributed by atoms with Crippen molar-refractivity contribution in [1.29, 1.82) is 0 Å². The number of rotatable bonds is 37. The van der Waals surface area contributed by atoms with Crippen LogP contribution >= 0.6 is 0 Å². The van der Waals surface area contributed by atoms with Crippen LogP contribution in [0.15, 0.2) is 38.0 Å². The van der Waals surface area contributed by atoms with Crippen LogP contribution in [-0.4, -0.2) is 119 Å². The maximum Gasteiger partial charge on any atom is 0.330 e. The molecule has 0 amide bonds. The van der Waals surface area contributed by atoms with Crippen molar-refractivity contribution in [3.05, 3.63) is 38.0 Å². The Morgan fingerprint density at radius 1 is 0.525 bits per heavy atom. The molecule has 16 heteroatoms. The average molecular weight is 869 g/mol. The number of hydrogen-bond donors (Lipinski definition) is 3. The molecule has 61 heavy (non-hydrogen) atoms. The van der Waals surface area contributed by atoms with Crippen molar-refractivity contribution in [2.75, 3.05) is 13.2 Å². The van der Waals surface area contributed by atoms with Crippen LogP contribution in [0.5, 0.6) is 0 Å². The molecule has 1 heterocycles. The molecule has 9 unspecified atom stereocenters. The Kier molecular flexibility index (Phi) is 29.3. The lowest BCUT2D eigenvalue weighted by atomic mass is 10.0. The zero-order chi connectivity index (χ0) is 45.6. The zero-order valence-electron chi connectivity index (χ0n) is 36.5. The van der Waals surface area contributed by atoms with E-state index in [1.165, 1.54) is 0 Å². The maximum atomic E-state index is 12.9. The summed E-state index contributed by atoms with van der Waals surface area (Å²) in [6.45, 7) is 15.3. The van der Waals surface area contributed by atoms with Gasteiger partial charge in [0.1, 0.15) is 31.5 Å². The van der Waals surface area contributed by atoms with Gasteiger partial charge >= 0.3 is 35.8 Å². The fourth-order valence-corrected chi connectivity index (χ4v) is 6.44. The van der Waals surface area contributed by atoms with E-state index in [1.54, 1.807) is 0 Å². The van der Waals surface area contributed by atoms with Crippen molar-refractivity contribution in [3.8, 4) is 0 Å². The van der Waals surface area contributed by atoms with E-state index in [4.69, 9.17) is 33.2 Å². The summed E-state index contributed by atoms with van der Waals surface area (Å²) in [5.41, 5.74) is 0. The van der Waals surface area contributed by atoms with Crippen LogP contribution in [0.25, 0.3) is 0 Å². The fourth-order valence-electron chi connectivity index (χ4n) is 6.44. The van der Waals surface area contributed by atoms with Crippen molar-refractivity contribution < 1.29 is 77.2 Å². The highest BCUT2D eigenvalue weighted by Gasteiger charge is 2.41. The summed E-state index contributed by atoms with van der Waals surface area (Å²) in [5, 5.41) is 31.9. The third-order valence-corrected chi connectivity index (χ3v) is 10.1. The second kappa shape index (κ2) is 32.6. The Balaban J connectivity index is 2.78. The third kappa shape index (κ3) is 25.4. The Morgan fingerprint density at radius 2 is 0.918 bits per heavy atom. The monoisotopic (exact) mass is 868 g/mol. The lowest BCUT2D eigenvalue weighted by Crippen LogP contribution is -2.32. The number of hydrogen-bond acceptors (Lipinski definition) is 16. The van der Waals surface area contributed by atoms with Gasteiger partial charge in [0, 0.05) is 43.9 Å². The minimum atomic E-state index is -1.14. The molecular formula is C45H72O16. The molecule has 0 aromatic carbocycles. The highest BCUT2D eigenvalue weighted by atomic mass is 16.6. The Bertz CT molecular complexity index is 1350. The number of ether oxygens (including phenoxy) is 7. The minimum absolute atomic E-state index is 0.0255. The van der Waals surface area contributed by atoms with Gasteiger partial charge in [-0.15, -0.1) is 0 Å². The predicted molar refractivity (Wildman–Crippen MR) is 223 cm³/mol. The molecule has 0 radical (unpaired) electrons. The molecule has 348 valence electrons. The standard InChI is InChI=1S/C45H72O16/c1-7-13-19-32(46)36(60-41(50)11-5)23-17-26-44(53)56-30-31(29-55-43(52)25-16-20-33(47)35(21-14-8-2)59-40(49)10-4)57-45(54)27-18-24-38-39(58-38)28-34(48)37(22-15-9-3)61-42(51)12-6/h10-12,31-39,46-48H,4-9,13-30H2,1-3H3. The zero-order valence-corrected chi connectivity index (χ0v) is 36.5. The molecule has 1 rings (SSSR count). The van der Waals surface area contributed by atoms with E-state index in [2.05, 4.69) is 19.7 Å². The number of unbranched alkanes of at least 4 members (excludes halogenated alkanes) is 3. The Hall–Kier alpha value is -4.12. The van der Waals surface area contributed by atoms with Crippen LogP contribution in [0, 0.1) is 0 Å². The molecule has 1 fully saturated rings. The second-order valence-corrected chi connectivity index (χ2v) is 15.3. The average Bonchev–Trinajstić information content (AvgIpc) is 3.99. The van der Waals surface area contributed by atoms with Crippen LogP contribution in [0.4, 0.5) is 0 Å². The van der Waals surface area contributed by atoms with Gasteiger partial charge in [0.05, 0.1) is 30.5 Å². The van der Waals surface area contributed by atoms with E-state index in [0.29, 0.717) is 32.1 Å². The minimum Gasteiger partial charge on any atom is -0.462 e. The Labute approximate surface area is 361 Å². The molecule has 0 bridgehead atoms. The number of epoxide rings is 1. The quantitative estimate of drug-likeness (QED) is 0.0299. The smallest absolute Gasteiger partial charge is 0.330 e. The Morgan fingerprint density at radius 3 is 1.38 bits per heavy atom. The van der Waals surface area contributed by atoms with Crippen LogP contribution in [-0.2, 0) is 61.9 Å². The largest absolute Gasteiger partial charge is 0.462 e. The molecular weight excluding hydrogens is 796 g/mol. The number of esters is 6. The van der Waals surface area contributed by atoms with Crippen LogP contribution in [0.3, 0.4) is 0 Å². The highest BCUT2D eigenvalue weighted by molar-refractivity contribution is 5.82. The van der Waals surface area contributed by atoms with Crippen molar-refractivity contribution in [3.63, 3.8) is 0 Å². The van der Waals surface area contributed by atoms with Gasteiger partial charge in [-0.2, -0.15) is 0 Å². The maximum absolute atomic E-state index is 12.9. The summed E-state index contributed by atoms with van der Waals surface area (Å²) in [6.07, 6.45) is 4.12. The van der Waals surface area contributed by atoms with Gasteiger partial charge in [0.15, 0.2) is 6.10 Å². The fraction of sp³-hybridized carbons (Fsp3) is 0.733. The molecule has 0 aliphatic carbocycles. The van der Waals surface area contributed by atoms with Gasteiger partial charge in [0.2, 0.25) is 0 Å². The van der Waals surface area contributed by atoms with E-state index in [9.17, 15) is 44.1 Å². The van der Waals surface area contributed by atoms with Crippen LogP contribution in [0.1, 0.15) is 143 Å². The first kappa shape index (κ1) is 54.9. The molecule has 0 saturated carbocycles. The molecule has 9 atom stereocenters. The molecule has 0 aromatic heterocycles. The van der Waals surface area contributed by atoms with E-state index in [0.717, 1.165) is 56.8 Å². The van der Waals surface area contributed by atoms with Crippen molar-refractivity contribution in [2.24, 2.45) is 0 Å². The lowest BCUT2D eigenvalue weighted by Gasteiger charge is -2.23. The third-order valence-electron chi connectivity index (χ3n) is 10.1. The van der Waals surface area contributed by atoms with Gasteiger partial charge < -0.3 is 48.5 Å². The van der Waals surface area contributed by atoms with Gasteiger partial charge in [0.25, 0.3) is 0 Å². The van der Waals surface area contributed by atoms with E-state index >= 15 is 0 Å². The number of carbonyl (C=O) groups is 6. The first-order valence-electron chi connectivity index (χ1n) is 21.9. The first-order chi connectivity index (χ1) is 29.2. The SMILES string of the molecule is C=CC(=O)OC(CCCC)C(O)CCCC(=O)OCC(COC(=O)CCCC(OC(=O)C=C)C(O)CCCC)OC(=O)CCCC1OC1CC(O)C(CCCC)OC(=O)C=C. The summed E-state index contributed by atoms with van der Waals surface area (Å²) in [5.74, 6) is -3.88. The predicted octanol–water partition coefficient (Wildman–Crippen LogP) is 5.60. The summed E-state index contributed by atoms with van der Waals surface area (Å²) >= 11 is 0. The molecule has 0 aromatic rings.